The molecule has 0 saturated carbocycles. The van der Waals surface area contributed by atoms with E-state index in [9.17, 15) is 5.11 Å². The zero-order chi connectivity index (χ0) is 13.7. The fourth-order valence-electron chi connectivity index (χ4n) is 2.14. The second kappa shape index (κ2) is 6.75. The van der Waals surface area contributed by atoms with Crippen LogP contribution in [0, 0.1) is 0 Å². The standard InChI is InChI=1S/C14H21NO4/c1-17-11-5-10(6-12(7-11)18-2)8-15-13-9-19-4-3-14(13)16/h5-7,13-16H,3-4,8-9H2,1-2H3. The molecule has 0 aromatic heterocycles. The number of benzene rings is 1. The lowest BCUT2D eigenvalue weighted by Crippen LogP contribution is -2.46. The van der Waals surface area contributed by atoms with Crippen molar-refractivity contribution in [3.05, 3.63) is 23.8 Å². The van der Waals surface area contributed by atoms with Gasteiger partial charge in [-0.25, -0.2) is 0 Å². The molecule has 0 bridgehead atoms. The van der Waals surface area contributed by atoms with E-state index in [0.717, 1.165) is 17.1 Å². The van der Waals surface area contributed by atoms with E-state index in [0.29, 0.717) is 26.2 Å². The maximum Gasteiger partial charge on any atom is 0.122 e. The molecule has 2 unspecified atom stereocenters. The number of ether oxygens (including phenoxy) is 3. The van der Waals surface area contributed by atoms with Crippen LogP contribution in [0.2, 0.25) is 0 Å². The quantitative estimate of drug-likeness (QED) is 0.831. The molecule has 1 aromatic carbocycles. The molecule has 2 rings (SSSR count). The number of aliphatic hydroxyl groups excluding tert-OH is 1. The van der Waals surface area contributed by atoms with E-state index in [-0.39, 0.29) is 12.1 Å². The molecule has 5 nitrogen and oxygen atoms in total. The minimum Gasteiger partial charge on any atom is -0.497 e. The van der Waals surface area contributed by atoms with Crippen molar-refractivity contribution in [3.63, 3.8) is 0 Å². The number of hydrogen-bond acceptors (Lipinski definition) is 5. The zero-order valence-electron chi connectivity index (χ0n) is 11.4. The molecule has 0 amide bonds. The third-order valence-corrected chi connectivity index (χ3v) is 3.30. The Kier molecular flexibility index (Phi) is 5.01. The second-order valence-electron chi connectivity index (χ2n) is 4.64. The van der Waals surface area contributed by atoms with Crippen LogP contribution in [0.1, 0.15) is 12.0 Å². The normalized spacial score (nSPS) is 23.1. The summed E-state index contributed by atoms with van der Waals surface area (Å²) < 4.78 is 15.8. The maximum absolute atomic E-state index is 9.86. The van der Waals surface area contributed by atoms with Gasteiger partial charge in [-0.1, -0.05) is 0 Å². The Balaban J connectivity index is 1.98. The third kappa shape index (κ3) is 3.83. The predicted molar refractivity (Wildman–Crippen MR) is 71.6 cm³/mol. The molecule has 106 valence electrons. The van der Waals surface area contributed by atoms with Crippen molar-refractivity contribution in [2.24, 2.45) is 0 Å². The van der Waals surface area contributed by atoms with E-state index >= 15 is 0 Å². The van der Waals surface area contributed by atoms with Gasteiger partial charge in [-0.15, -0.1) is 0 Å². The average Bonchev–Trinajstić information content (AvgIpc) is 2.46. The molecule has 1 aromatic rings. The van der Waals surface area contributed by atoms with Crippen LogP contribution in [-0.4, -0.2) is 44.7 Å². The van der Waals surface area contributed by atoms with Gasteiger partial charge in [0.1, 0.15) is 11.5 Å². The number of nitrogens with one attached hydrogen (secondary N) is 1. The molecule has 1 saturated heterocycles. The van der Waals surface area contributed by atoms with Crippen LogP contribution in [0.15, 0.2) is 18.2 Å². The second-order valence-corrected chi connectivity index (χ2v) is 4.64. The Morgan fingerprint density at radius 2 is 1.95 bits per heavy atom. The van der Waals surface area contributed by atoms with Gasteiger partial charge in [-0.3, -0.25) is 0 Å². The van der Waals surface area contributed by atoms with Gasteiger partial charge >= 0.3 is 0 Å². The van der Waals surface area contributed by atoms with Crippen LogP contribution in [0.3, 0.4) is 0 Å². The molecule has 1 aliphatic rings. The average molecular weight is 267 g/mol. The Hall–Kier alpha value is -1.30. The first-order valence-electron chi connectivity index (χ1n) is 6.44. The summed E-state index contributed by atoms with van der Waals surface area (Å²) in [6.45, 7) is 1.81. The summed E-state index contributed by atoms with van der Waals surface area (Å²) in [4.78, 5) is 0. The van der Waals surface area contributed by atoms with Crippen molar-refractivity contribution >= 4 is 0 Å². The van der Waals surface area contributed by atoms with Crippen molar-refractivity contribution < 1.29 is 19.3 Å². The van der Waals surface area contributed by atoms with Crippen molar-refractivity contribution in [2.45, 2.75) is 25.1 Å². The summed E-state index contributed by atoms with van der Waals surface area (Å²) in [6.07, 6.45) is 0.334. The number of hydrogen-bond donors (Lipinski definition) is 2. The Bertz CT molecular complexity index is 388. The van der Waals surface area contributed by atoms with Gasteiger partial charge < -0.3 is 24.6 Å². The molecule has 0 radical (unpaired) electrons. The first kappa shape index (κ1) is 14.1. The SMILES string of the molecule is COc1cc(CNC2COCCC2O)cc(OC)c1. The molecule has 0 aliphatic carbocycles. The molecule has 0 spiro atoms. The molecule has 5 heteroatoms. The summed E-state index contributed by atoms with van der Waals surface area (Å²) in [5.41, 5.74) is 1.05. The zero-order valence-corrected chi connectivity index (χ0v) is 11.4. The van der Waals surface area contributed by atoms with Gasteiger partial charge in [0.15, 0.2) is 0 Å². The fourth-order valence-corrected chi connectivity index (χ4v) is 2.14. The van der Waals surface area contributed by atoms with Crippen LogP contribution in [0.5, 0.6) is 11.5 Å². The molecule has 1 heterocycles. The molecular formula is C14H21NO4. The molecule has 1 aliphatic heterocycles. The fraction of sp³-hybridized carbons (Fsp3) is 0.571. The number of methoxy groups -OCH3 is 2. The van der Waals surface area contributed by atoms with Crippen molar-refractivity contribution in [2.75, 3.05) is 27.4 Å². The molecule has 2 N–H and O–H groups in total. The smallest absolute Gasteiger partial charge is 0.122 e. The van der Waals surface area contributed by atoms with Gasteiger partial charge in [0.2, 0.25) is 0 Å². The summed E-state index contributed by atoms with van der Waals surface area (Å²) in [5.74, 6) is 1.52. The Morgan fingerprint density at radius 1 is 1.26 bits per heavy atom. The highest BCUT2D eigenvalue weighted by atomic mass is 16.5. The van der Waals surface area contributed by atoms with Crippen LogP contribution >= 0.6 is 0 Å². The highest BCUT2D eigenvalue weighted by molar-refractivity contribution is 5.38. The van der Waals surface area contributed by atoms with Crippen molar-refractivity contribution in [1.29, 1.82) is 0 Å². The molecule has 19 heavy (non-hydrogen) atoms. The van der Waals surface area contributed by atoms with Gasteiger partial charge in [0.05, 0.1) is 33.0 Å². The van der Waals surface area contributed by atoms with E-state index in [4.69, 9.17) is 14.2 Å². The van der Waals surface area contributed by atoms with E-state index in [2.05, 4.69) is 5.32 Å². The first-order valence-corrected chi connectivity index (χ1v) is 6.44. The van der Waals surface area contributed by atoms with Gasteiger partial charge in [0, 0.05) is 19.2 Å². The summed E-state index contributed by atoms with van der Waals surface area (Å²) in [5, 5.41) is 13.2. The predicted octanol–water partition coefficient (Wildman–Crippen LogP) is 0.943. The van der Waals surface area contributed by atoms with Crippen LogP contribution in [-0.2, 0) is 11.3 Å². The molecule has 1 fully saturated rings. The van der Waals surface area contributed by atoms with E-state index < -0.39 is 0 Å². The summed E-state index contributed by atoms with van der Waals surface area (Å²) in [7, 11) is 3.26. The lowest BCUT2D eigenvalue weighted by atomic mass is 10.1. The monoisotopic (exact) mass is 267 g/mol. The lowest BCUT2D eigenvalue weighted by Gasteiger charge is -2.28. The Labute approximate surface area is 113 Å². The maximum atomic E-state index is 9.86. The van der Waals surface area contributed by atoms with E-state index in [1.807, 2.05) is 18.2 Å². The van der Waals surface area contributed by atoms with Crippen molar-refractivity contribution in [1.82, 2.24) is 5.32 Å². The highest BCUT2D eigenvalue weighted by Crippen LogP contribution is 2.22. The first-order chi connectivity index (χ1) is 9.22. The van der Waals surface area contributed by atoms with E-state index in [1.165, 1.54) is 0 Å². The largest absolute Gasteiger partial charge is 0.497 e. The summed E-state index contributed by atoms with van der Waals surface area (Å²) in [6, 6.07) is 5.71. The van der Waals surface area contributed by atoms with E-state index in [1.54, 1.807) is 14.2 Å². The van der Waals surface area contributed by atoms with Crippen molar-refractivity contribution in [3.8, 4) is 11.5 Å². The van der Waals surface area contributed by atoms with Gasteiger partial charge in [-0.2, -0.15) is 0 Å². The summed E-state index contributed by atoms with van der Waals surface area (Å²) >= 11 is 0. The molecule has 2 atom stereocenters. The van der Waals surface area contributed by atoms with Crippen LogP contribution in [0.4, 0.5) is 0 Å². The van der Waals surface area contributed by atoms with Gasteiger partial charge in [0.25, 0.3) is 0 Å². The lowest BCUT2D eigenvalue weighted by molar-refractivity contribution is -0.0159. The topological polar surface area (TPSA) is 60.0 Å². The van der Waals surface area contributed by atoms with Crippen LogP contribution in [0.25, 0.3) is 0 Å². The number of aliphatic hydroxyl groups is 1. The van der Waals surface area contributed by atoms with Gasteiger partial charge in [-0.05, 0) is 24.1 Å². The third-order valence-electron chi connectivity index (χ3n) is 3.30. The Morgan fingerprint density at radius 3 is 2.53 bits per heavy atom. The number of rotatable bonds is 5. The highest BCUT2D eigenvalue weighted by Gasteiger charge is 2.22. The van der Waals surface area contributed by atoms with Crippen LogP contribution < -0.4 is 14.8 Å². The molecular weight excluding hydrogens is 246 g/mol. The minimum atomic E-state index is -0.346. The minimum absolute atomic E-state index is 0.0223.